The van der Waals surface area contributed by atoms with Gasteiger partial charge < -0.3 is 15.2 Å². The smallest absolute Gasteiger partial charge is 0.325 e. The highest BCUT2D eigenvalue weighted by Crippen LogP contribution is 2.37. The van der Waals surface area contributed by atoms with Crippen LogP contribution >= 0.6 is 0 Å². The van der Waals surface area contributed by atoms with E-state index in [9.17, 15) is 14.3 Å². The lowest BCUT2D eigenvalue weighted by molar-refractivity contribution is -0.143. The molecule has 2 aliphatic heterocycles. The summed E-state index contributed by atoms with van der Waals surface area (Å²) < 4.78 is 20.3. The predicted octanol–water partition coefficient (Wildman–Crippen LogP) is 6.03. The van der Waals surface area contributed by atoms with Gasteiger partial charge in [-0.1, -0.05) is 26.3 Å². The maximum absolute atomic E-state index is 14.9. The van der Waals surface area contributed by atoms with Crippen LogP contribution in [0.5, 0.6) is 5.75 Å². The number of anilines is 1. The molecule has 8 heteroatoms. The van der Waals surface area contributed by atoms with Crippen molar-refractivity contribution in [3.63, 3.8) is 0 Å². The number of carboxylic acids is 1. The molecule has 0 bridgehead atoms. The number of unbranched alkanes of at least 4 members (excludes halogenated alkanes) is 2. The number of pyridine rings is 1. The lowest BCUT2D eigenvalue weighted by Crippen LogP contribution is -2.43. The molecule has 7 nitrogen and oxygen atoms in total. The Kier molecular flexibility index (Phi) is 10.4. The van der Waals surface area contributed by atoms with Crippen LogP contribution in [-0.4, -0.2) is 71.2 Å². The average Bonchev–Trinajstić information content (AvgIpc) is 3.39. The van der Waals surface area contributed by atoms with Crippen LogP contribution in [0.2, 0.25) is 0 Å². The minimum absolute atomic E-state index is 0.0326. The van der Waals surface area contributed by atoms with Crippen LogP contribution < -0.4 is 10.1 Å². The normalized spacial score (nSPS) is 18.3. The molecule has 2 N–H and O–H groups in total. The maximum atomic E-state index is 14.9. The summed E-state index contributed by atoms with van der Waals surface area (Å²) in [5.74, 6) is -0.296. The van der Waals surface area contributed by atoms with E-state index in [-0.39, 0.29) is 17.7 Å². The summed E-state index contributed by atoms with van der Waals surface area (Å²) in [6.07, 6.45) is 7.49. The fourth-order valence-corrected chi connectivity index (χ4v) is 6.30. The molecule has 0 aliphatic carbocycles. The summed E-state index contributed by atoms with van der Waals surface area (Å²) in [6.45, 7) is 11.7. The van der Waals surface area contributed by atoms with Crippen LogP contribution in [0, 0.1) is 5.82 Å². The van der Waals surface area contributed by atoms with E-state index in [1.165, 1.54) is 25.2 Å². The van der Waals surface area contributed by atoms with Crippen LogP contribution in [0.3, 0.4) is 0 Å². The third-order valence-corrected chi connectivity index (χ3v) is 8.49. The number of likely N-dealkylation sites (tertiary alicyclic amines) is 1. The number of aliphatic carboxylic acids is 1. The highest BCUT2D eigenvalue weighted by molar-refractivity contribution is 5.77. The molecule has 0 spiro atoms. The van der Waals surface area contributed by atoms with Crippen molar-refractivity contribution in [1.29, 1.82) is 0 Å². The van der Waals surface area contributed by atoms with Crippen LogP contribution in [0.1, 0.15) is 94.1 Å². The van der Waals surface area contributed by atoms with Gasteiger partial charge in [0.25, 0.3) is 0 Å². The molecule has 1 saturated heterocycles. The van der Waals surface area contributed by atoms with Crippen molar-refractivity contribution in [2.24, 2.45) is 0 Å². The number of aromatic nitrogens is 1. The molecule has 1 unspecified atom stereocenters. The number of halogens is 1. The van der Waals surface area contributed by atoms with Gasteiger partial charge in [0, 0.05) is 43.0 Å². The molecule has 220 valence electrons. The zero-order chi connectivity index (χ0) is 28.8. The molecule has 2 atom stereocenters. The van der Waals surface area contributed by atoms with Crippen molar-refractivity contribution in [1.82, 2.24) is 14.8 Å². The van der Waals surface area contributed by atoms with E-state index in [1.54, 1.807) is 0 Å². The molecular formula is C32H47FN4O3. The van der Waals surface area contributed by atoms with Gasteiger partial charge in [-0.25, -0.2) is 9.37 Å². The Hall–Kier alpha value is -2.71. The Labute approximate surface area is 239 Å². The summed E-state index contributed by atoms with van der Waals surface area (Å²) in [7, 11) is 1.40. The van der Waals surface area contributed by atoms with E-state index in [4.69, 9.17) is 9.72 Å². The number of benzene rings is 1. The highest BCUT2D eigenvalue weighted by Gasteiger charge is 2.38. The molecule has 0 radical (unpaired) electrons. The Morgan fingerprint density at radius 3 is 2.73 bits per heavy atom. The Balaban J connectivity index is 1.35. The van der Waals surface area contributed by atoms with Gasteiger partial charge in [-0.2, -0.15) is 0 Å². The number of carboxylic acid groups (broad SMARTS) is 1. The first kappa shape index (κ1) is 30.3. The van der Waals surface area contributed by atoms with Gasteiger partial charge in [-0.05, 0) is 94.2 Å². The van der Waals surface area contributed by atoms with E-state index in [2.05, 4.69) is 36.2 Å². The monoisotopic (exact) mass is 554 g/mol. The molecule has 0 amide bonds. The van der Waals surface area contributed by atoms with E-state index in [0.717, 1.165) is 68.7 Å². The summed E-state index contributed by atoms with van der Waals surface area (Å²) in [4.78, 5) is 21.9. The summed E-state index contributed by atoms with van der Waals surface area (Å²) in [5, 5.41) is 13.7. The Bertz CT molecular complexity index is 1160. The second-order valence-electron chi connectivity index (χ2n) is 11.9. The number of carbonyl (C=O) groups is 1. The average molecular weight is 555 g/mol. The van der Waals surface area contributed by atoms with Crippen molar-refractivity contribution >= 4 is 11.8 Å². The molecule has 2 aliphatic rings. The lowest BCUT2D eigenvalue weighted by atomic mass is 9.95. The molecule has 2 aromatic rings. The van der Waals surface area contributed by atoms with Gasteiger partial charge >= 0.3 is 5.97 Å². The molecule has 1 aromatic carbocycles. The number of nitrogens with zero attached hydrogens (tertiary/aromatic N) is 3. The second kappa shape index (κ2) is 13.8. The number of methoxy groups -OCH3 is 1. The topological polar surface area (TPSA) is 77.9 Å². The number of hydrogen-bond acceptors (Lipinski definition) is 6. The van der Waals surface area contributed by atoms with E-state index in [0.29, 0.717) is 24.7 Å². The number of ether oxygens (including phenoxy) is 1. The Morgan fingerprint density at radius 2 is 2.02 bits per heavy atom. The van der Waals surface area contributed by atoms with Crippen molar-refractivity contribution in [3.05, 3.63) is 52.5 Å². The van der Waals surface area contributed by atoms with Crippen LogP contribution in [0.25, 0.3) is 0 Å². The van der Waals surface area contributed by atoms with Crippen molar-refractivity contribution in [2.45, 2.75) is 96.7 Å². The summed E-state index contributed by atoms with van der Waals surface area (Å²) in [5.41, 5.74) is 3.67. The molecule has 0 saturated carbocycles. The standard InChI is InChI=1S/C32H47FN4O3/c1-21(2)24-18-27(30(40-5)28(33)19-24)29(32(38)39)36-17-14-26(20-36)37(22(3)4)16-8-6-7-11-25-13-12-23-10-9-15-34-31(23)35-25/h12-13,18-19,21-22,26,29H,6-11,14-17,20H2,1-5H3,(H,34,35)(H,38,39)/t26-,29?/m1/s1. The number of fused-ring (bicyclic) bond motifs is 1. The van der Waals surface area contributed by atoms with E-state index < -0.39 is 17.8 Å². The SMILES string of the molecule is COc1c(F)cc(C(C)C)cc1C(C(=O)O)N1CC[C@@H](N(CCCCCc2ccc3c(n2)NCCC3)C(C)C)C1. The molecule has 3 heterocycles. The zero-order valence-corrected chi connectivity index (χ0v) is 24.9. The van der Waals surface area contributed by atoms with Gasteiger partial charge in [0.15, 0.2) is 11.6 Å². The highest BCUT2D eigenvalue weighted by atomic mass is 19.1. The Morgan fingerprint density at radius 1 is 1.23 bits per heavy atom. The largest absolute Gasteiger partial charge is 0.493 e. The third kappa shape index (κ3) is 7.13. The van der Waals surface area contributed by atoms with Crippen molar-refractivity contribution in [3.8, 4) is 5.75 Å². The van der Waals surface area contributed by atoms with Gasteiger partial charge in [0.2, 0.25) is 0 Å². The quantitative estimate of drug-likeness (QED) is 0.293. The first-order valence-corrected chi connectivity index (χ1v) is 15.0. The first-order valence-electron chi connectivity index (χ1n) is 15.0. The van der Waals surface area contributed by atoms with E-state index in [1.807, 2.05) is 24.8 Å². The zero-order valence-electron chi connectivity index (χ0n) is 24.9. The minimum atomic E-state index is -0.971. The van der Waals surface area contributed by atoms with Gasteiger partial charge in [-0.3, -0.25) is 14.6 Å². The lowest BCUT2D eigenvalue weighted by Gasteiger charge is -2.33. The maximum Gasteiger partial charge on any atom is 0.325 e. The molecule has 1 aromatic heterocycles. The second-order valence-corrected chi connectivity index (χ2v) is 11.9. The third-order valence-electron chi connectivity index (χ3n) is 8.49. The molecular weight excluding hydrogens is 507 g/mol. The number of aryl methyl sites for hydroxylation is 2. The van der Waals surface area contributed by atoms with Crippen LogP contribution in [-0.2, 0) is 17.6 Å². The van der Waals surface area contributed by atoms with Crippen LogP contribution in [0.4, 0.5) is 10.2 Å². The molecule has 4 rings (SSSR count). The van der Waals surface area contributed by atoms with E-state index >= 15 is 0 Å². The number of rotatable bonds is 13. The van der Waals surface area contributed by atoms with Crippen LogP contribution in [0.15, 0.2) is 24.3 Å². The number of nitrogens with one attached hydrogen (secondary N) is 1. The van der Waals surface area contributed by atoms with Gasteiger partial charge in [-0.15, -0.1) is 0 Å². The fraction of sp³-hybridized carbons (Fsp3) is 0.625. The van der Waals surface area contributed by atoms with Gasteiger partial charge in [0.1, 0.15) is 11.9 Å². The van der Waals surface area contributed by atoms with Gasteiger partial charge in [0.05, 0.1) is 7.11 Å². The minimum Gasteiger partial charge on any atom is -0.493 e. The summed E-state index contributed by atoms with van der Waals surface area (Å²) in [6, 6.07) is 7.35. The number of hydrogen-bond donors (Lipinski definition) is 2. The fourth-order valence-electron chi connectivity index (χ4n) is 6.30. The summed E-state index contributed by atoms with van der Waals surface area (Å²) >= 11 is 0. The van der Waals surface area contributed by atoms with Crippen molar-refractivity contribution < 1.29 is 19.0 Å². The molecule has 1 fully saturated rings. The predicted molar refractivity (Wildman–Crippen MR) is 158 cm³/mol. The molecule has 40 heavy (non-hydrogen) atoms. The first-order chi connectivity index (χ1) is 19.2. The van der Waals surface area contributed by atoms with Crippen molar-refractivity contribution in [2.75, 3.05) is 38.6 Å².